The number of carbonyl (C=O) groups excluding carboxylic acids is 1. The summed E-state index contributed by atoms with van der Waals surface area (Å²) in [4.78, 5) is 24.1. The molecular formula is C24H23N7OS. The van der Waals surface area contributed by atoms with Crippen LogP contribution in [0.4, 0.5) is 5.82 Å². The standard InChI is InChI=1S/C24H23N7OS/c1-16-6-8-19(26-12-16)15-29-31-24(33)30-22-9-7-18(14-28-22)23(32)25-11-10-17-13-27-21-5-3-2-4-20(17)21/h2-9,12-15,27H,10-11H2,1H3,(H,25,32)(H2,28,30,31,33)/b29-15+. The summed E-state index contributed by atoms with van der Waals surface area (Å²) in [5.41, 5.74) is 7.25. The van der Waals surface area contributed by atoms with E-state index in [9.17, 15) is 4.79 Å². The van der Waals surface area contributed by atoms with E-state index in [4.69, 9.17) is 12.2 Å². The van der Waals surface area contributed by atoms with Gasteiger partial charge in [-0.2, -0.15) is 5.10 Å². The largest absolute Gasteiger partial charge is 0.361 e. The number of para-hydroxylation sites is 1. The van der Waals surface area contributed by atoms with E-state index in [-0.39, 0.29) is 11.0 Å². The summed E-state index contributed by atoms with van der Waals surface area (Å²) in [5.74, 6) is 0.330. The summed E-state index contributed by atoms with van der Waals surface area (Å²) in [6, 6.07) is 15.3. The molecular weight excluding hydrogens is 434 g/mol. The number of nitrogens with zero attached hydrogens (tertiary/aromatic N) is 3. The first-order valence-electron chi connectivity index (χ1n) is 10.4. The second kappa shape index (κ2) is 10.5. The first-order chi connectivity index (χ1) is 16.1. The molecule has 0 fully saturated rings. The Morgan fingerprint density at radius 1 is 1.12 bits per heavy atom. The number of amides is 1. The number of aromatic nitrogens is 3. The summed E-state index contributed by atoms with van der Waals surface area (Å²) < 4.78 is 0. The summed E-state index contributed by atoms with van der Waals surface area (Å²) in [6.07, 6.45) is 7.57. The number of aryl methyl sites for hydroxylation is 1. The number of thiocarbonyl (C=S) groups is 1. The molecule has 0 aliphatic rings. The van der Waals surface area contributed by atoms with Gasteiger partial charge in [0, 0.05) is 36.0 Å². The van der Waals surface area contributed by atoms with Crippen molar-refractivity contribution < 1.29 is 4.79 Å². The highest BCUT2D eigenvalue weighted by Crippen LogP contribution is 2.17. The molecule has 3 heterocycles. The van der Waals surface area contributed by atoms with Crippen LogP contribution in [-0.4, -0.2) is 38.7 Å². The van der Waals surface area contributed by atoms with Crippen LogP contribution in [0.3, 0.4) is 0 Å². The van der Waals surface area contributed by atoms with Crippen LogP contribution in [0, 0.1) is 6.92 Å². The number of rotatable bonds is 7. The summed E-state index contributed by atoms with van der Waals surface area (Å²) in [7, 11) is 0. The molecule has 0 bridgehead atoms. The van der Waals surface area contributed by atoms with Crippen LogP contribution in [0.1, 0.15) is 27.2 Å². The van der Waals surface area contributed by atoms with Crippen LogP contribution in [-0.2, 0) is 6.42 Å². The lowest BCUT2D eigenvalue weighted by atomic mass is 10.1. The van der Waals surface area contributed by atoms with Gasteiger partial charge in [-0.15, -0.1) is 0 Å². The second-order valence-electron chi connectivity index (χ2n) is 7.38. The van der Waals surface area contributed by atoms with Crippen molar-refractivity contribution in [2.24, 2.45) is 5.10 Å². The number of H-pyrrole nitrogens is 1. The smallest absolute Gasteiger partial charge is 0.252 e. The maximum Gasteiger partial charge on any atom is 0.252 e. The van der Waals surface area contributed by atoms with Gasteiger partial charge in [0.2, 0.25) is 0 Å². The van der Waals surface area contributed by atoms with Crippen molar-refractivity contribution >= 4 is 46.2 Å². The van der Waals surface area contributed by atoms with Crippen molar-refractivity contribution in [1.82, 2.24) is 25.7 Å². The third kappa shape index (κ3) is 5.98. The van der Waals surface area contributed by atoms with Gasteiger partial charge in [-0.3, -0.25) is 15.2 Å². The normalized spacial score (nSPS) is 10.9. The van der Waals surface area contributed by atoms with Gasteiger partial charge in [0.15, 0.2) is 5.11 Å². The van der Waals surface area contributed by atoms with E-state index >= 15 is 0 Å². The van der Waals surface area contributed by atoms with Crippen LogP contribution in [0.25, 0.3) is 10.9 Å². The van der Waals surface area contributed by atoms with Gasteiger partial charge in [-0.05, 0) is 61.0 Å². The zero-order valence-corrected chi connectivity index (χ0v) is 18.8. The fourth-order valence-corrected chi connectivity index (χ4v) is 3.37. The Balaban J connectivity index is 1.23. The highest BCUT2D eigenvalue weighted by Gasteiger charge is 2.08. The molecule has 1 aromatic carbocycles. The van der Waals surface area contributed by atoms with Crippen LogP contribution in [0.2, 0.25) is 0 Å². The molecule has 3 aromatic heterocycles. The van der Waals surface area contributed by atoms with Crippen LogP contribution in [0.5, 0.6) is 0 Å². The zero-order chi connectivity index (χ0) is 23.0. The van der Waals surface area contributed by atoms with Gasteiger partial charge >= 0.3 is 0 Å². The van der Waals surface area contributed by atoms with Gasteiger partial charge in [0.05, 0.1) is 17.5 Å². The molecule has 166 valence electrons. The molecule has 0 saturated carbocycles. The maximum atomic E-state index is 12.4. The lowest BCUT2D eigenvalue weighted by molar-refractivity contribution is 0.0954. The van der Waals surface area contributed by atoms with Gasteiger partial charge in [0.25, 0.3) is 5.91 Å². The lowest BCUT2D eigenvalue weighted by Gasteiger charge is -2.08. The molecule has 33 heavy (non-hydrogen) atoms. The Morgan fingerprint density at radius 2 is 2.00 bits per heavy atom. The number of benzene rings is 1. The van der Waals surface area contributed by atoms with E-state index in [2.05, 4.69) is 42.2 Å². The number of hydrazone groups is 1. The Hall–Kier alpha value is -4.11. The molecule has 0 spiro atoms. The van der Waals surface area contributed by atoms with E-state index in [1.165, 1.54) is 17.1 Å². The molecule has 1 amide bonds. The molecule has 0 unspecified atom stereocenters. The number of aromatic amines is 1. The monoisotopic (exact) mass is 457 g/mol. The summed E-state index contributed by atoms with van der Waals surface area (Å²) >= 11 is 5.21. The van der Waals surface area contributed by atoms with Crippen molar-refractivity contribution in [1.29, 1.82) is 0 Å². The van der Waals surface area contributed by atoms with E-state index in [1.54, 1.807) is 24.5 Å². The first kappa shape index (κ1) is 22.1. The predicted octanol–water partition coefficient (Wildman–Crippen LogP) is 3.56. The van der Waals surface area contributed by atoms with E-state index < -0.39 is 0 Å². The number of nitrogens with one attached hydrogen (secondary N) is 4. The van der Waals surface area contributed by atoms with Gasteiger partial charge in [0.1, 0.15) is 5.82 Å². The fourth-order valence-electron chi connectivity index (χ4n) is 3.21. The van der Waals surface area contributed by atoms with Crippen molar-refractivity contribution in [3.8, 4) is 0 Å². The van der Waals surface area contributed by atoms with E-state index in [1.807, 2.05) is 43.5 Å². The van der Waals surface area contributed by atoms with Crippen LogP contribution < -0.4 is 16.1 Å². The average Bonchev–Trinajstić information content (AvgIpc) is 3.24. The third-order valence-corrected chi connectivity index (χ3v) is 5.11. The number of hydrogen-bond donors (Lipinski definition) is 4. The molecule has 0 saturated heterocycles. The predicted molar refractivity (Wildman–Crippen MR) is 134 cm³/mol. The minimum Gasteiger partial charge on any atom is -0.361 e. The first-order valence-corrected chi connectivity index (χ1v) is 10.8. The molecule has 0 aliphatic carbocycles. The van der Waals surface area contributed by atoms with Gasteiger partial charge < -0.3 is 15.6 Å². The molecule has 9 heteroatoms. The molecule has 0 aliphatic heterocycles. The zero-order valence-electron chi connectivity index (χ0n) is 18.0. The number of carbonyl (C=O) groups is 1. The Morgan fingerprint density at radius 3 is 2.79 bits per heavy atom. The topological polar surface area (TPSA) is 107 Å². The molecule has 4 N–H and O–H groups in total. The highest BCUT2D eigenvalue weighted by molar-refractivity contribution is 7.80. The number of anilines is 1. The third-order valence-electron chi connectivity index (χ3n) is 4.92. The lowest BCUT2D eigenvalue weighted by Crippen LogP contribution is -2.26. The number of fused-ring (bicyclic) bond motifs is 1. The second-order valence-corrected chi connectivity index (χ2v) is 7.79. The van der Waals surface area contributed by atoms with Gasteiger partial charge in [-0.25, -0.2) is 4.98 Å². The van der Waals surface area contributed by atoms with Crippen molar-refractivity contribution in [3.63, 3.8) is 0 Å². The van der Waals surface area contributed by atoms with Crippen LogP contribution in [0.15, 0.2) is 72.2 Å². The summed E-state index contributed by atoms with van der Waals surface area (Å²) in [6.45, 7) is 2.50. The van der Waals surface area contributed by atoms with Crippen LogP contribution >= 0.6 is 12.2 Å². The molecule has 4 rings (SSSR count). The molecule has 0 radical (unpaired) electrons. The van der Waals surface area contributed by atoms with Crippen molar-refractivity contribution in [2.45, 2.75) is 13.3 Å². The Labute approximate surface area is 196 Å². The molecule has 0 atom stereocenters. The van der Waals surface area contributed by atoms with Crippen molar-refractivity contribution in [3.05, 3.63) is 89.5 Å². The van der Waals surface area contributed by atoms with E-state index in [0.29, 0.717) is 23.6 Å². The van der Waals surface area contributed by atoms with Crippen molar-refractivity contribution in [2.75, 3.05) is 11.9 Å². The highest BCUT2D eigenvalue weighted by atomic mass is 32.1. The van der Waals surface area contributed by atoms with E-state index in [0.717, 1.165) is 17.5 Å². The average molecular weight is 458 g/mol. The SMILES string of the molecule is Cc1ccc(/C=N/NC(=S)Nc2ccc(C(=O)NCCc3c[nH]c4ccccc34)cn2)nc1. The quantitative estimate of drug-likeness (QED) is 0.192. The number of hydrogen-bond acceptors (Lipinski definition) is 5. The van der Waals surface area contributed by atoms with Gasteiger partial charge in [-0.1, -0.05) is 24.3 Å². The molecule has 8 nitrogen and oxygen atoms in total. The number of pyridine rings is 2. The summed E-state index contributed by atoms with van der Waals surface area (Å²) in [5, 5.41) is 11.4. The molecule has 4 aromatic rings. The Kier molecular flexibility index (Phi) is 7.01. The minimum atomic E-state index is -0.176. The fraction of sp³-hybridized carbons (Fsp3) is 0.125. The Bertz CT molecular complexity index is 1280. The maximum absolute atomic E-state index is 12.4. The minimum absolute atomic E-state index is 0.176.